The van der Waals surface area contributed by atoms with Crippen LogP contribution in [0.25, 0.3) is 0 Å². The van der Waals surface area contributed by atoms with Crippen molar-refractivity contribution in [2.45, 2.75) is 32.7 Å². The Hall–Kier alpha value is -1.88. The van der Waals surface area contributed by atoms with E-state index in [1.165, 1.54) is 17.4 Å². The molecule has 5 nitrogen and oxygen atoms in total. The molecule has 0 aliphatic carbocycles. The highest BCUT2D eigenvalue weighted by Gasteiger charge is 2.22. The molecular formula is C15H21NO4. The fourth-order valence-corrected chi connectivity index (χ4v) is 1.95. The second-order valence-electron chi connectivity index (χ2n) is 4.80. The minimum atomic E-state index is -1.01. The van der Waals surface area contributed by atoms with Crippen LogP contribution < -0.4 is 0 Å². The molecule has 0 aliphatic rings. The number of hydrogen-bond acceptors (Lipinski definition) is 3. The van der Waals surface area contributed by atoms with Crippen LogP contribution in [0.15, 0.2) is 24.3 Å². The van der Waals surface area contributed by atoms with Gasteiger partial charge in [0, 0.05) is 6.54 Å². The minimum Gasteiger partial charge on any atom is -0.480 e. The number of benzene rings is 1. The van der Waals surface area contributed by atoms with Crippen molar-refractivity contribution in [3.05, 3.63) is 35.4 Å². The molecule has 2 N–H and O–H groups in total. The smallest absolute Gasteiger partial charge is 0.320 e. The minimum absolute atomic E-state index is 0.263. The summed E-state index contributed by atoms with van der Waals surface area (Å²) in [5, 5.41) is 17.8. The van der Waals surface area contributed by atoms with Gasteiger partial charge in [0.2, 0.25) is 0 Å². The molecule has 5 heteroatoms. The SMILES string of the molecule is CCc1ccc(CCN(CC(=O)O)[C@H](C)C(=O)O)cc1. The summed E-state index contributed by atoms with van der Waals surface area (Å²) in [6.45, 7) is 3.73. The van der Waals surface area contributed by atoms with Crippen molar-refractivity contribution in [1.82, 2.24) is 4.90 Å². The first-order valence-electron chi connectivity index (χ1n) is 6.70. The number of nitrogens with zero attached hydrogens (tertiary/aromatic N) is 1. The third-order valence-electron chi connectivity index (χ3n) is 3.36. The molecule has 0 saturated carbocycles. The number of carboxylic acids is 2. The van der Waals surface area contributed by atoms with Crippen molar-refractivity contribution < 1.29 is 19.8 Å². The van der Waals surface area contributed by atoms with Crippen LogP contribution in [0.4, 0.5) is 0 Å². The summed E-state index contributed by atoms with van der Waals surface area (Å²) in [7, 11) is 0. The second kappa shape index (κ2) is 7.65. The van der Waals surface area contributed by atoms with Gasteiger partial charge in [-0.25, -0.2) is 0 Å². The van der Waals surface area contributed by atoms with E-state index in [0.29, 0.717) is 13.0 Å². The van der Waals surface area contributed by atoms with Gasteiger partial charge in [-0.1, -0.05) is 31.2 Å². The van der Waals surface area contributed by atoms with E-state index < -0.39 is 18.0 Å². The lowest BCUT2D eigenvalue weighted by atomic mass is 10.1. The Bertz CT molecular complexity index is 455. The number of hydrogen-bond donors (Lipinski definition) is 2. The van der Waals surface area contributed by atoms with Gasteiger partial charge in [0.05, 0.1) is 6.54 Å². The Kier molecular flexibility index (Phi) is 6.18. The van der Waals surface area contributed by atoms with Crippen LogP contribution in [0.3, 0.4) is 0 Å². The molecule has 0 amide bonds. The van der Waals surface area contributed by atoms with Crippen molar-refractivity contribution in [2.24, 2.45) is 0 Å². The monoisotopic (exact) mass is 279 g/mol. The van der Waals surface area contributed by atoms with Gasteiger partial charge in [-0.3, -0.25) is 14.5 Å². The lowest BCUT2D eigenvalue weighted by molar-refractivity contribution is -0.145. The molecule has 0 radical (unpaired) electrons. The van der Waals surface area contributed by atoms with E-state index in [1.54, 1.807) is 0 Å². The van der Waals surface area contributed by atoms with E-state index in [9.17, 15) is 9.59 Å². The van der Waals surface area contributed by atoms with Gasteiger partial charge in [-0.2, -0.15) is 0 Å². The summed E-state index contributed by atoms with van der Waals surface area (Å²) < 4.78 is 0. The van der Waals surface area contributed by atoms with Crippen molar-refractivity contribution in [2.75, 3.05) is 13.1 Å². The van der Waals surface area contributed by atoms with Crippen LogP contribution in [-0.2, 0) is 22.4 Å². The quantitative estimate of drug-likeness (QED) is 0.756. The van der Waals surface area contributed by atoms with Gasteiger partial charge in [-0.15, -0.1) is 0 Å². The maximum atomic E-state index is 11.0. The highest BCUT2D eigenvalue weighted by atomic mass is 16.4. The average Bonchev–Trinajstić information content (AvgIpc) is 2.42. The van der Waals surface area contributed by atoms with Crippen LogP contribution in [0.5, 0.6) is 0 Å². The Morgan fingerprint density at radius 3 is 2.15 bits per heavy atom. The third kappa shape index (κ3) is 5.01. The first kappa shape index (κ1) is 16.2. The number of aryl methyl sites for hydroxylation is 1. The van der Waals surface area contributed by atoms with Gasteiger partial charge >= 0.3 is 11.9 Å². The Morgan fingerprint density at radius 2 is 1.70 bits per heavy atom. The molecule has 1 aromatic rings. The van der Waals surface area contributed by atoms with Crippen LogP contribution >= 0.6 is 0 Å². The first-order chi connectivity index (χ1) is 9.43. The topological polar surface area (TPSA) is 77.8 Å². The second-order valence-corrected chi connectivity index (χ2v) is 4.80. The van der Waals surface area contributed by atoms with E-state index in [-0.39, 0.29) is 6.54 Å². The predicted molar refractivity (Wildman–Crippen MR) is 75.8 cm³/mol. The first-order valence-corrected chi connectivity index (χ1v) is 6.70. The van der Waals surface area contributed by atoms with E-state index in [1.807, 2.05) is 24.3 Å². The molecule has 20 heavy (non-hydrogen) atoms. The van der Waals surface area contributed by atoms with Gasteiger partial charge in [-0.05, 0) is 30.9 Å². The number of carboxylic acid groups (broad SMARTS) is 2. The molecule has 0 saturated heterocycles. The van der Waals surface area contributed by atoms with Gasteiger partial charge in [0.1, 0.15) is 6.04 Å². The van der Waals surface area contributed by atoms with E-state index >= 15 is 0 Å². The third-order valence-corrected chi connectivity index (χ3v) is 3.36. The molecule has 0 bridgehead atoms. The average molecular weight is 279 g/mol. The summed E-state index contributed by atoms with van der Waals surface area (Å²) in [6, 6.07) is 7.28. The molecule has 0 fully saturated rings. The molecule has 1 rings (SSSR count). The van der Waals surface area contributed by atoms with Crippen LogP contribution in [0.2, 0.25) is 0 Å². The highest BCUT2D eigenvalue weighted by Crippen LogP contribution is 2.08. The lowest BCUT2D eigenvalue weighted by Crippen LogP contribution is -2.43. The van der Waals surface area contributed by atoms with Crippen LogP contribution in [-0.4, -0.2) is 46.2 Å². The normalized spacial score (nSPS) is 12.3. The molecule has 1 atom stereocenters. The molecule has 110 valence electrons. The predicted octanol–water partition coefficient (Wildman–Crippen LogP) is 1.65. The molecule has 0 unspecified atom stereocenters. The van der Waals surface area contributed by atoms with Crippen molar-refractivity contribution >= 4 is 11.9 Å². The maximum absolute atomic E-state index is 11.0. The fraction of sp³-hybridized carbons (Fsp3) is 0.467. The molecule has 1 aromatic carbocycles. The van der Waals surface area contributed by atoms with Crippen molar-refractivity contribution in [1.29, 1.82) is 0 Å². The molecule has 0 aromatic heterocycles. The summed E-state index contributed by atoms with van der Waals surface area (Å²) in [5.74, 6) is -2.02. The zero-order chi connectivity index (χ0) is 15.1. The van der Waals surface area contributed by atoms with E-state index in [0.717, 1.165) is 12.0 Å². The van der Waals surface area contributed by atoms with Crippen molar-refractivity contribution in [3.8, 4) is 0 Å². The zero-order valence-electron chi connectivity index (χ0n) is 11.9. The maximum Gasteiger partial charge on any atom is 0.320 e. The van der Waals surface area contributed by atoms with E-state index in [2.05, 4.69) is 6.92 Å². The van der Waals surface area contributed by atoms with Crippen molar-refractivity contribution in [3.63, 3.8) is 0 Å². The van der Waals surface area contributed by atoms with Gasteiger partial charge in [0.15, 0.2) is 0 Å². The molecule has 0 spiro atoms. The van der Waals surface area contributed by atoms with Crippen LogP contribution in [0.1, 0.15) is 25.0 Å². The van der Waals surface area contributed by atoms with Crippen LogP contribution in [0, 0.1) is 0 Å². The number of aliphatic carboxylic acids is 2. The molecule has 0 heterocycles. The van der Waals surface area contributed by atoms with Gasteiger partial charge < -0.3 is 10.2 Å². The zero-order valence-corrected chi connectivity index (χ0v) is 11.9. The lowest BCUT2D eigenvalue weighted by Gasteiger charge is -2.24. The Labute approximate surface area is 118 Å². The number of rotatable bonds is 8. The fourth-order valence-electron chi connectivity index (χ4n) is 1.95. The summed E-state index contributed by atoms with van der Waals surface area (Å²) in [4.78, 5) is 23.2. The number of carbonyl (C=O) groups is 2. The standard InChI is InChI=1S/C15H21NO4/c1-3-12-4-6-13(7-5-12)8-9-16(10-14(17)18)11(2)15(19)20/h4-7,11H,3,8-10H2,1-2H3,(H,17,18)(H,19,20)/t11-/m1/s1. The summed E-state index contributed by atoms with van der Waals surface area (Å²) in [5.41, 5.74) is 2.32. The Balaban J connectivity index is 2.64. The van der Waals surface area contributed by atoms with E-state index in [4.69, 9.17) is 10.2 Å². The largest absolute Gasteiger partial charge is 0.480 e. The molecular weight excluding hydrogens is 258 g/mol. The molecule has 0 aliphatic heterocycles. The highest BCUT2D eigenvalue weighted by molar-refractivity contribution is 5.75. The summed E-state index contributed by atoms with van der Waals surface area (Å²) >= 11 is 0. The Morgan fingerprint density at radius 1 is 1.15 bits per heavy atom. The van der Waals surface area contributed by atoms with Gasteiger partial charge in [0.25, 0.3) is 0 Å². The summed E-state index contributed by atoms with van der Waals surface area (Å²) in [6.07, 6.45) is 1.61.